The molecule has 0 aliphatic heterocycles. The number of amides is 1. The van der Waals surface area contributed by atoms with Gasteiger partial charge in [-0.2, -0.15) is 5.10 Å². The van der Waals surface area contributed by atoms with Crippen molar-refractivity contribution in [2.45, 2.75) is 19.8 Å². The summed E-state index contributed by atoms with van der Waals surface area (Å²) in [5, 5.41) is 7.23. The molecule has 0 aromatic carbocycles. The van der Waals surface area contributed by atoms with Crippen molar-refractivity contribution < 1.29 is 4.79 Å². The second kappa shape index (κ2) is 5.52. The Morgan fingerprint density at radius 2 is 2.08 bits per heavy atom. The molecule has 3 aromatic rings. The largest absolute Gasteiger partial charge is 0.305 e. The minimum Gasteiger partial charge on any atom is -0.305 e. The molecular weight excluding hydrogens is 304 g/mol. The summed E-state index contributed by atoms with van der Waals surface area (Å²) in [4.78, 5) is 25.4. The molecule has 3 aromatic heterocycles. The highest BCUT2D eigenvalue weighted by Gasteiger charge is 2.28. The Kier molecular flexibility index (Phi) is 3.34. The lowest BCUT2D eigenvalue weighted by atomic mass is 9.92. The van der Waals surface area contributed by atoms with Crippen LogP contribution in [-0.2, 0) is 19.9 Å². The van der Waals surface area contributed by atoms with Gasteiger partial charge < -0.3 is 5.32 Å². The lowest BCUT2D eigenvalue weighted by molar-refractivity contribution is 0.102. The summed E-state index contributed by atoms with van der Waals surface area (Å²) in [6.07, 6.45) is 5.01. The number of nitrogens with zero attached hydrogens (tertiary/aromatic N) is 5. The van der Waals surface area contributed by atoms with Crippen molar-refractivity contribution in [1.29, 1.82) is 0 Å². The zero-order chi connectivity index (χ0) is 16.7. The molecule has 0 atom stereocenters. The van der Waals surface area contributed by atoms with Gasteiger partial charge >= 0.3 is 0 Å². The molecule has 4 rings (SSSR count). The van der Waals surface area contributed by atoms with Crippen molar-refractivity contribution >= 4 is 11.7 Å². The number of hydrogen-bond donors (Lipinski definition) is 1. The third-order valence-electron chi connectivity index (χ3n) is 4.14. The van der Waals surface area contributed by atoms with Gasteiger partial charge in [0.15, 0.2) is 5.69 Å². The monoisotopic (exact) mass is 320 g/mol. The number of aromatic nitrogens is 5. The molecule has 1 aliphatic carbocycles. The van der Waals surface area contributed by atoms with Gasteiger partial charge in [-0.15, -0.1) is 0 Å². The van der Waals surface area contributed by atoms with E-state index in [0.717, 1.165) is 29.8 Å². The number of aryl methyl sites for hydroxylation is 3. The number of carbonyl (C=O) groups excluding carboxylic acids is 1. The Morgan fingerprint density at radius 1 is 1.21 bits per heavy atom. The summed E-state index contributed by atoms with van der Waals surface area (Å²) >= 11 is 0. The van der Waals surface area contributed by atoms with Crippen molar-refractivity contribution in [3.8, 4) is 11.4 Å². The van der Waals surface area contributed by atoms with E-state index in [1.165, 1.54) is 5.56 Å². The lowest BCUT2D eigenvalue weighted by Gasteiger charge is -2.16. The predicted molar refractivity (Wildman–Crippen MR) is 88.6 cm³/mol. The van der Waals surface area contributed by atoms with Crippen LogP contribution in [0.2, 0.25) is 0 Å². The van der Waals surface area contributed by atoms with Crippen LogP contribution in [0.1, 0.15) is 27.4 Å². The van der Waals surface area contributed by atoms with Crippen LogP contribution in [0.3, 0.4) is 0 Å². The zero-order valence-corrected chi connectivity index (χ0v) is 13.4. The third kappa shape index (κ3) is 2.34. The first-order chi connectivity index (χ1) is 11.6. The van der Waals surface area contributed by atoms with E-state index in [-0.39, 0.29) is 5.91 Å². The standard InChI is InChI=1S/C17H16N6O/c1-10-18-9-7-13(20-10)21-17(24)15-12-6-5-11-4-3-8-19-14(11)16(12)23(2)22-15/h3-4,7-9H,5-6H2,1-2H3,(H,18,20,21,24). The first-order valence-electron chi connectivity index (χ1n) is 7.74. The second-order valence-electron chi connectivity index (χ2n) is 5.75. The van der Waals surface area contributed by atoms with Crippen LogP contribution in [0, 0.1) is 6.92 Å². The molecule has 24 heavy (non-hydrogen) atoms. The van der Waals surface area contributed by atoms with Gasteiger partial charge in [-0.25, -0.2) is 9.97 Å². The first kappa shape index (κ1) is 14.5. The highest BCUT2D eigenvalue weighted by atomic mass is 16.2. The Labute approximate surface area is 138 Å². The number of carbonyl (C=O) groups is 1. The van der Waals surface area contributed by atoms with Crippen LogP contribution in [-0.4, -0.2) is 30.6 Å². The SMILES string of the molecule is Cc1nccc(NC(=O)c2nn(C)c3c2CCc2cccnc2-3)n1. The molecule has 120 valence electrons. The van der Waals surface area contributed by atoms with Gasteiger partial charge in [0.05, 0.1) is 11.4 Å². The fraction of sp³-hybridized carbons (Fsp3) is 0.235. The molecule has 3 heterocycles. The molecule has 0 radical (unpaired) electrons. The minimum absolute atomic E-state index is 0.260. The maximum absolute atomic E-state index is 12.7. The van der Waals surface area contributed by atoms with Gasteiger partial charge in [0.1, 0.15) is 11.6 Å². The molecular formula is C17H16N6O. The van der Waals surface area contributed by atoms with Crippen molar-refractivity contribution in [2.24, 2.45) is 7.05 Å². The van der Waals surface area contributed by atoms with E-state index in [1.807, 2.05) is 13.1 Å². The molecule has 0 saturated carbocycles. The number of rotatable bonds is 2. The number of nitrogens with one attached hydrogen (secondary N) is 1. The van der Waals surface area contributed by atoms with E-state index in [2.05, 4.69) is 31.4 Å². The van der Waals surface area contributed by atoms with Crippen LogP contribution < -0.4 is 5.32 Å². The van der Waals surface area contributed by atoms with Crippen LogP contribution in [0.4, 0.5) is 5.82 Å². The molecule has 0 fully saturated rings. The summed E-state index contributed by atoms with van der Waals surface area (Å²) in [5.74, 6) is 0.819. The first-order valence-corrected chi connectivity index (χ1v) is 7.74. The van der Waals surface area contributed by atoms with Gasteiger partial charge in [-0.1, -0.05) is 6.07 Å². The molecule has 7 nitrogen and oxygen atoms in total. The Morgan fingerprint density at radius 3 is 2.92 bits per heavy atom. The van der Waals surface area contributed by atoms with Gasteiger partial charge in [-0.05, 0) is 37.5 Å². The van der Waals surface area contributed by atoms with E-state index in [0.29, 0.717) is 17.3 Å². The Bertz CT molecular complexity index is 946. The normalized spacial score (nSPS) is 12.4. The summed E-state index contributed by atoms with van der Waals surface area (Å²) in [7, 11) is 1.84. The molecule has 1 N–H and O–H groups in total. The topological polar surface area (TPSA) is 85.6 Å². The Hall–Kier alpha value is -3.09. The molecule has 1 amide bonds. The van der Waals surface area contributed by atoms with Crippen LogP contribution in [0.15, 0.2) is 30.6 Å². The van der Waals surface area contributed by atoms with Gasteiger partial charge in [0.2, 0.25) is 0 Å². The van der Waals surface area contributed by atoms with Crippen molar-refractivity contribution in [3.63, 3.8) is 0 Å². The van der Waals surface area contributed by atoms with Gasteiger partial charge in [-0.3, -0.25) is 14.5 Å². The number of hydrogen-bond acceptors (Lipinski definition) is 5. The van der Waals surface area contributed by atoms with Crippen LogP contribution in [0.25, 0.3) is 11.4 Å². The fourth-order valence-corrected chi connectivity index (χ4v) is 3.10. The quantitative estimate of drug-likeness (QED) is 0.780. The van der Waals surface area contributed by atoms with E-state index in [9.17, 15) is 4.79 Å². The number of anilines is 1. The van der Waals surface area contributed by atoms with E-state index >= 15 is 0 Å². The summed E-state index contributed by atoms with van der Waals surface area (Å²) in [6.45, 7) is 1.78. The molecule has 0 saturated heterocycles. The van der Waals surface area contributed by atoms with E-state index < -0.39 is 0 Å². The molecule has 0 spiro atoms. The second-order valence-corrected chi connectivity index (χ2v) is 5.75. The van der Waals surface area contributed by atoms with Gasteiger partial charge in [0.25, 0.3) is 5.91 Å². The maximum Gasteiger partial charge on any atom is 0.277 e. The predicted octanol–water partition coefficient (Wildman–Crippen LogP) is 1.93. The molecule has 7 heteroatoms. The summed E-state index contributed by atoms with van der Waals surface area (Å²) < 4.78 is 1.74. The highest BCUT2D eigenvalue weighted by Crippen LogP contribution is 2.33. The van der Waals surface area contributed by atoms with Crippen molar-refractivity contribution in [3.05, 3.63) is 53.2 Å². The van der Waals surface area contributed by atoms with Crippen LogP contribution >= 0.6 is 0 Å². The lowest BCUT2D eigenvalue weighted by Crippen LogP contribution is -2.17. The smallest absolute Gasteiger partial charge is 0.277 e. The average Bonchev–Trinajstić information content (AvgIpc) is 2.92. The third-order valence-corrected chi connectivity index (χ3v) is 4.14. The molecule has 0 bridgehead atoms. The van der Waals surface area contributed by atoms with E-state index in [1.54, 1.807) is 30.1 Å². The van der Waals surface area contributed by atoms with Crippen molar-refractivity contribution in [1.82, 2.24) is 24.7 Å². The summed E-state index contributed by atoms with van der Waals surface area (Å²) in [6, 6.07) is 5.67. The maximum atomic E-state index is 12.7. The van der Waals surface area contributed by atoms with Gasteiger partial charge in [0, 0.05) is 25.0 Å². The fourth-order valence-electron chi connectivity index (χ4n) is 3.10. The highest BCUT2D eigenvalue weighted by molar-refractivity contribution is 6.04. The Balaban J connectivity index is 1.72. The minimum atomic E-state index is -0.260. The average molecular weight is 320 g/mol. The van der Waals surface area contributed by atoms with Crippen LogP contribution in [0.5, 0.6) is 0 Å². The van der Waals surface area contributed by atoms with E-state index in [4.69, 9.17) is 0 Å². The number of pyridine rings is 1. The molecule has 0 unspecified atom stereocenters. The van der Waals surface area contributed by atoms with Crippen molar-refractivity contribution in [2.75, 3.05) is 5.32 Å². The summed E-state index contributed by atoms with van der Waals surface area (Å²) in [5.41, 5.74) is 4.38. The number of fused-ring (bicyclic) bond motifs is 3. The molecule has 1 aliphatic rings. The zero-order valence-electron chi connectivity index (χ0n) is 13.4.